The first-order chi connectivity index (χ1) is 11.7. The molecule has 1 aromatic carbocycles. The summed E-state index contributed by atoms with van der Waals surface area (Å²) in [5.74, 6) is -0.0752. The van der Waals surface area contributed by atoms with Crippen LogP contribution >= 0.6 is 11.3 Å². The molecule has 2 heterocycles. The highest BCUT2D eigenvalue weighted by Gasteiger charge is 2.21. The number of hydrogen-bond donors (Lipinski definition) is 1. The van der Waals surface area contributed by atoms with Gasteiger partial charge in [-0.2, -0.15) is 0 Å². The number of aryl methyl sites for hydroxylation is 1. The molecule has 1 saturated heterocycles. The van der Waals surface area contributed by atoms with Crippen molar-refractivity contribution >= 4 is 40.0 Å². The van der Waals surface area contributed by atoms with Gasteiger partial charge in [0.05, 0.1) is 0 Å². The zero-order valence-corrected chi connectivity index (χ0v) is 14.2. The second-order valence-electron chi connectivity index (χ2n) is 5.42. The van der Waals surface area contributed by atoms with Crippen LogP contribution in [0.1, 0.15) is 30.3 Å². The van der Waals surface area contributed by atoms with E-state index in [4.69, 9.17) is 0 Å². The number of carbonyl (C=O) groups excluding carboxylic acids is 2. The molecule has 2 amide bonds. The number of benzene rings is 1. The van der Waals surface area contributed by atoms with E-state index in [1.54, 1.807) is 11.0 Å². The second kappa shape index (κ2) is 7.35. The van der Waals surface area contributed by atoms with Crippen LogP contribution < -0.4 is 10.2 Å². The lowest BCUT2D eigenvalue weighted by atomic mass is 10.2. The topological polar surface area (TPSA) is 75.2 Å². The standard InChI is InChI=1S/C17H18N4O2S/c1-2-15-19-20-17(24-15)18-14(22)10-7-12-5-8-13(9-6-12)21-11-3-4-16(21)23/h5-10H,2-4,11H2,1H3,(H,18,20,22)/b10-7+. The van der Waals surface area contributed by atoms with Crippen molar-refractivity contribution in [1.29, 1.82) is 0 Å². The Morgan fingerprint density at radius 2 is 2.12 bits per heavy atom. The van der Waals surface area contributed by atoms with Crippen LogP contribution in [0.4, 0.5) is 10.8 Å². The van der Waals surface area contributed by atoms with E-state index in [1.807, 2.05) is 31.2 Å². The fourth-order valence-corrected chi connectivity index (χ4v) is 3.13. The number of nitrogens with one attached hydrogen (secondary N) is 1. The van der Waals surface area contributed by atoms with Gasteiger partial charge in [-0.15, -0.1) is 10.2 Å². The van der Waals surface area contributed by atoms with E-state index in [2.05, 4.69) is 15.5 Å². The molecule has 7 heteroatoms. The van der Waals surface area contributed by atoms with Crippen molar-refractivity contribution in [3.63, 3.8) is 0 Å². The van der Waals surface area contributed by atoms with Gasteiger partial charge in [0, 0.05) is 24.7 Å². The summed E-state index contributed by atoms with van der Waals surface area (Å²) < 4.78 is 0. The smallest absolute Gasteiger partial charge is 0.250 e. The Bertz CT molecular complexity index is 767. The van der Waals surface area contributed by atoms with Crippen LogP contribution in [-0.4, -0.2) is 28.6 Å². The molecule has 24 heavy (non-hydrogen) atoms. The predicted molar refractivity (Wildman–Crippen MR) is 95.0 cm³/mol. The summed E-state index contributed by atoms with van der Waals surface area (Å²) in [5, 5.41) is 12.0. The van der Waals surface area contributed by atoms with Gasteiger partial charge in [0.2, 0.25) is 16.9 Å². The molecule has 0 radical (unpaired) electrons. The predicted octanol–water partition coefficient (Wildman–Crippen LogP) is 2.88. The van der Waals surface area contributed by atoms with Crippen molar-refractivity contribution in [1.82, 2.24) is 10.2 Å². The minimum atomic E-state index is -0.243. The van der Waals surface area contributed by atoms with Gasteiger partial charge in [-0.05, 0) is 36.6 Å². The number of amides is 2. The molecule has 0 unspecified atom stereocenters. The lowest BCUT2D eigenvalue weighted by Gasteiger charge is -2.15. The Balaban J connectivity index is 1.59. The van der Waals surface area contributed by atoms with Gasteiger partial charge in [-0.25, -0.2) is 0 Å². The average molecular weight is 342 g/mol. The molecule has 1 aliphatic heterocycles. The summed E-state index contributed by atoms with van der Waals surface area (Å²) in [4.78, 5) is 25.4. The summed E-state index contributed by atoms with van der Waals surface area (Å²) in [6.07, 6.45) is 5.52. The fraction of sp³-hybridized carbons (Fsp3) is 0.294. The SMILES string of the molecule is CCc1nnc(NC(=O)/C=C/c2ccc(N3CCCC3=O)cc2)s1. The molecule has 124 valence electrons. The van der Waals surface area contributed by atoms with Crippen molar-refractivity contribution in [2.24, 2.45) is 0 Å². The maximum Gasteiger partial charge on any atom is 0.250 e. The quantitative estimate of drug-likeness (QED) is 0.848. The Hall–Kier alpha value is -2.54. The maximum absolute atomic E-state index is 11.9. The van der Waals surface area contributed by atoms with Crippen molar-refractivity contribution < 1.29 is 9.59 Å². The summed E-state index contributed by atoms with van der Waals surface area (Å²) in [6, 6.07) is 7.59. The average Bonchev–Trinajstić information content (AvgIpc) is 3.22. The van der Waals surface area contributed by atoms with Crippen molar-refractivity contribution in [3.8, 4) is 0 Å². The zero-order chi connectivity index (χ0) is 16.9. The highest BCUT2D eigenvalue weighted by atomic mass is 32.1. The minimum Gasteiger partial charge on any atom is -0.312 e. The first kappa shape index (κ1) is 16.3. The van der Waals surface area contributed by atoms with Crippen molar-refractivity contribution in [2.45, 2.75) is 26.2 Å². The van der Waals surface area contributed by atoms with Gasteiger partial charge in [0.1, 0.15) is 5.01 Å². The van der Waals surface area contributed by atoms with Gasteiger partial charge in [-0.1, -0.05) is 30.4 Å². The van der Waals surface area contributed by atoms with Crippen LogP contribution in [0.5, 0.6) is 0 Å². The van der Waals surface area contributed by atoms with Crippen LogP contribution in [0.25, 0.3) is 6.08 Å². The summed E-state index contributed by atoms with van der Waals surface area (Å²) in [7, 11) is 0. The van der Waals surface area contributed by atoms with E-state index >= 15 is 0 Å². The molecule has 1 fully saturated rings. The Labute approximate surface area is 144 Å². The Morgan fingerprint density at radius 1 is 1.33 bits per heavy atom. The Kier molecular flexibility index (Phi) is 5.00. The molecule has 0 saturated carbocycles. The van der Waals surface area contributed by atoms with E-state index in [-0.39, 0.29) is 11.8 Å². The molecule has 2 aromatic rings. The molecule has 1 aliphatic rings. The molecule has 1 N–H and O–H groups in total. The van der Waals surface area contributed by atoms with Crippen molar-refractivity contribution in [3.05, 3.63) is 40.9 Å². The number of rotatable bonds is 5. The third kappa shape index (κ3) is 3.86. The van der Waals surface area contributed by atoms with E-state index in [1.165, 1.54) is 17.4 Å². The first-order valence-electron chi connectivity index (χ1n) is 7.87. The third-order valence-corrected chi connectivity index (χ3v) is 4.69. The number of nitrogens with zero attached hydrogens (tertiary/aromatic N) is 3. The molecule has 3 rings (SSSR count). The molecule has 0 atom stereocenters. The molecule has 0 aliphatic carbocycles. The third-order valence-electron chi connectivity index (χ3n) is 3.70. The van der Waals surface area contributed by atoms with Crippen LogP contribution in [0, 0.1) is 0 Å². The van der Waals surface area contributed by atoms with E-state index < -0.39 is 0 Å². The van der Waals surface area contributed by atoms with Crippen LogP contribution in [0.3, 0.4) is 0 Å². The molecule has 0 bridgehead atoms. The highest BCUT2D eigenvalue weighted by Crippen LogP contribution is 2.22. The Morgan fingerprint density at radius 3 is 2.75 bits per heavy atom. The molecular formula is C17H18N4O2S. The zero-order valence-electron chi connectivity index (χ0n) is 13.4. The molecule has 6 nitrogen and oxygen atoms in total. The maximum atomic E-state index is 11.9. The lowest BCUT2D eigenvalue weighted by Crippen LogP contribution is -2.23. The van der Waals surface area contributed by atoms with Gasteiger partial charge >= 0.3 is 0 Å². The number of aromatic nitrogens is 2. The fourth-order valence-electron chi connectivity index (χ4n) is 2.45. The molecule has 0 spiro atoms. The van der Waals surface area contributed by atoms with Crippen LogP contribution in [0.2, 0.25) is 0 Å². The van der Waals surface area contributed by atoms with Crippen molar-refractivity contribution in [2.75, 3.05) is 16.8 Å². The summed E-state index contributed by atoms with van der Waals surface area (Å²) in [6.45, 7) is 2.77. The highest BCUT2D eigenvalue weighted by molar-refractivity contribution is 7.15. The van der Waals surface area contributed by atoms with E-state index in [0.29, 0.717) is 11.6 Å². The summed E-state index contributed by atoms with van der Waals surface area (Å²) in [5.41, 5.74) is 1.80. The number of hydrogen-bond acceptors (Lipinski definition) is 5. The van der Waals surface area contributed by atoms with Crippen LogP contribution in [0.15, 0.2) is 30.3 Å². The van der Waals surface area contributed by atoms with Gasteiger partial charge in [0.15, 0.2) is 0 Å². The lowest BCUT2D eigenvalue weighted by molar-refractivity contribution is -0.117. The summed E-state index contributed by atoms with van der Waals surface area (Å²) >= 11 is 1.37. The number of carbonyl (C=O) groups is 2. The second-order valence-corrected chi connectivity index (χ2v) is 6.48. The van der Waals surface area contributed by atoms with E-state index in [0.717, 1.165) is 35.6 Å². The van der Waals surface area contributed by atoms with Crippen LogP contribution in [-0.2, 0) is 16.0 Å². The normalized spacial score (nSPS) is 14.5. The van der Waals surface area contributed by atoms with Gasteiger partial charge in [-0.3, -0.25) is 14.9 Å². The minimum absolute atomic E-state index is 0.168. The largest absolute Gasteiger partial charge is 0.312 e. The molecule has 1 aromatic heterocycles. The number of anilines is 2. The van der Waals surface area contributed by atoms with Gasteiger partial charge < -0.3 is 4.90 Å². The van der Waals surface area contributed by atoms with E-state index in [9.17, 15) is 9.59 Å². The monoisotopic (exact) mass is 342 g/mol. The molecular weight excluding hydrogens is 324 g/mol. The first-order valence-corrected chi connectivity index (χ1v) is 8.69. The van der Waals surface area contributed by atoms with Gasteiger partial charge in [0.25, 0.3) is 0 Å².